The maximum absolute atomic E-state index is 11.2. The average molecular weight is 237 g/mol. The fourth-order valence-corrected chi connectivity index (χ4v) is 1.99. The fraction of sp³-hybridized carbons (Fsp3) is 0.462. The van der Waals surface area contributed by atoms with Gasteiger partial charge in [0.2, 0.25) is 0 Å². The predicted octanol–water partition coefficient (Wildman–Crippen LogP) is 3.64. The van der Waals surface area contributed by atoms with Crippen molar-refractivity contribution in [1.82, 2.24) is 5.32 Å². The highest BCUT2D eigenvalue weighted by Gasteiger charge is 2.05. The van der Waals surface area contributed by atoms with E-state index in [2.05, 4.69) is 36.5 Å². The molecule has 1 aromatic carbocycles. The van der Waals surface area contributed by atoms with Gasteiger partial charge in [-0.3, -0.25) is 4.79 Å². The lowest BCUT2D eigenvalue weighted by Crippen LogP contribution is -2.21. The average Bonchev–Trinajstić information content (AvgIpc) is 2.30. The second-order valence-electron chi connectivity index (χ2n) is 3.75. The molecule has 0 bridgehead atoms. The predicted molar refractivity (Wildman–Crippen MR) is 71.0 cm³/mol. The zero-order valence-electron chi connectivity index (χ0n) is 9.90. The summed E-state index contributed by atoms with van der Waals surface area (Å²) in [6.07, 6.45) is 0.986. The molecular weight excluding hydrogens is 218 g/mol. The van der Waals surface area contributed by atoms with E-state index in [0.29, 0.717) is 5.92 Å². The first-order chi connectivity index (χ1) is 7.74. The lowest BCUT2D eigenvalue weighted by molar-refractivity contribution is 0.260. The van der Waals surface area contributed by atoms with Gasteiger partial charge in [-0.25, -0.2) is 0 Å². The molecule has 0 aliphatic heterocycles. The van der Waals surface area contributed by atoms with E-state index in [1.807, 2.05) is 13.0 Å². The van der Waals surface area contributed by atoms with E-state index in [4.69, 9.17) is 0 Å². The number of carbonyl (C=O) groups is 1. The summed E-state index contributed by atoms with van der Waals surface area (Å²) in [6.45, 7) is 4.92. The smallest absolute Gasteiger partial charge is 0.279 e. The van der Waals surface area contributed by atoms with Crippen LogP contribution in [-0.4, -0.2) is 17.5 Å². The topological polar surface area (TPSA) is 29.1 Å². The van der Waals surface area contributed by atoms with Gasteiger partial charge in [-0.15, -0.1) is 0 Å². The molecule has 1 amide bonds. The van der Waals surface area contributed by atoms with Crippen molar-refractivity contribution in [2.24, 2.45) is 0 Å². The molecule has 0 heterocycles. The molecule has 3 heteroatoms. The zero-order chi connectivity index (χ0) is 11.8. The standard InChI is InChI=1S/C13H19NOS/c1-3-16-13(15)14-10-9-11(2)12-7-5-4-6-8-12/h4-8,11H,3,9-10H2,1-2H3,(H,14,15). The Morgan fingerprint density at radius 2 is 2.06 bits per heavy atom. The van der Waals surface area contributed by atoms with Crippen molar-refractivity contribution in [3.63, 3.8) is 0 Å². The van der Waals surface area contributed by atoms with Crippen LogP contribution >= 0.6 is 11.8 Å². The highest BCUT2D eigenvalue weighted by molar-refractivity contribution is 8.13. The first-order valence-corrected chi connectivity index (χ1v) is 6.68. The number of nitrogens with one attached hydrogen (secondary N) is 1. The summed E-state index contributed by atoms with van der Waals surface area (Å²) < 4.78 is 0. The number of thioether (sulfide) groups is 1. The Morgan fingerprint density at radius 3 is 2.69 bits per heavy atom. The van der Waals surface area contributed by atoms with Gasteiger partial charge in [0.05, 0.1) is 0 Å². The van der Waals surface area contributed by atoms with Crippen LogP contribution in [0.25, 0.3) is 0 Å². The van der Waals surface area contributed by atoms with Crippen molar-refractivity contribution in [1.29, 1.82) is 0 Å². The van der Waals surface area contributed by atoms with Crippen molar-refractivity contribution in [3.05, 3.63) is 35.9 Å². The second-order valence-corrected chi connectivity index (χ2v) is 4.98. The van der Waals surface area contributed by atoms with Gasteiger partial charge in [-0.2, -0.15) is 0 Å². The lowest BCUT2D eigenvalue weighted by Gasteiger charge is -2.11. The van der Waals surface area contributed by atoms with Crippen LogP contribution in [0.5, 0.6) is 0 Å². The molecule has 1 rings (SSSR count). The third-order valence-corrected chi connectivity index (χ3v) is 3.19. The van der Waals surface area contributed by atoms with Gasteiger partial charge in [0.1, 0.15) is 0 Å². The highest BCUT2D eigenvalue weighted by atomic mass is 32.2. The third kappa shape index (κ3) is 4.71. The fourth-order valence-electron chi connectivity index (χ4n) is 1.52. The Labute approximate surface area is 102 Å². The van der Waals surface area contributed by atoms with E-state index in [9.17, 15) is 4.79 Å². The summed E-state index contributed by atoms with van der Waals surface area (Å²) in [7, 11) is 0. The van der Waals surface area contributed by atoms with Crippen LogP contribution in [0.4, 0.5) is 4.79 Å². The molecule has 2 nitrogen and oxygen atoms in total. The molecule has 0 aromatic heterocycles. The minimum absolute atomic E-state index is 0.0859. The molecule has 0 aliphatic rings. The van der Waals surface area contributed by atoms with Gasteiger partial charge in [0, 0.05) is 6.54 Å². The third-order valence-electron chi connectivity index (χ3n) is 2.49. The van der Waals surface area contributed by atoms with Crippen molar-refractivity contribution < 1.29 is 4.79 Å². The molecular formula is C13H19NOS. The van der Waals surface area contributed by atoms with E-state index in [0.717, 1.165) is 18.7 Å². The number of benzene rings is 1. The Kier molecular flexibility index (Phi) is 6.01. The first-order valence-electron chi connectivity index (χ1n) is 5.69. The Bertz CT molecular complexity index is 313. The van der Waals surface area contributed by atoms with Crippen LogP contribution in [0.15, 0.2) is 30.3 Å². The van der Waals surface area contributed by atoms with Crippen molar-refractivity contribution >= 4 is 17.0 Å². The second kappa shape index (κ2) is 7.34. The monoisotopic (exact) mass is 237 g/mol. The minimum atomic E-state index is 0.0859. The van der Waals surface area contributed by atoms with Crippen molar-refractivity contribution in [2.75, 3.05) is 12.3 Å². The SMILES string of the molecule is CCSC(=O)NCCC(C)c1ccccc1. The molecule has 1 aromatic rings. The summed E-state index contributed by atoms with van der Waals surface area (Å²) in [6, 6.07) is 10.4. The largest absolute Gasteiger partial charge is 0.347 e. The molecule has 0 radical (unpaired) electrons. The van der Waals surface area contributed by atoms with Gasteiger partial charge in [0.15, 0.2) is 0 Å². The molecule has 16 heavy (non-hydrogen) atoms. The van der Waals surface area contributed by atoms with Crippen LogP contribution in [0, 0.1) is 0 Å². The Hall–Kier alpha value is -0.960. The van der Waals surface area contributed by atoms with E-state index in [1.165, 1.54) is 17.3 Å². The number of amides is 1. The molecule has 1 atom stereocenters. The van der Waals surface area contributed by atoms with Crippen LogP contribution in [-0.2, 0) is 0 Å². The van der Waals surface area contributed by atoms with Crippen molar-refractivity contribution in [3.8, 4) is 0 Å². The maximum atomic E-state index is 11.2. The molecule has 1 N–H and O–H groups in total. The normalized spacial score (nSPS) is 12.1. The number of carbonyl (C=O) groups excluding carboxylic acids is 1. The summed E-state index contributed by atoms with van der Waals surface area (Å²) in [5.41, 5.74) is 1.33. The molecule has 0 fully saturated rings. The van der Waals surface area contributed by atoms with Gasteiger partial charge >= 0.3 is 0 Å². The lowest BCUT2D eigenvalue weighted by atomic mass is 9.98. The Morgan fingerprint density at radius 1 is 1.38 bits per heavy atom. The van der Waals surface area contributed by atoms with Crippen LogP contribution < -0.4 is 5.32 Å². The van der Waals surface area contributed by atoms with Crippen molar-refractivity contribution in [2.45, 2.75) is 26.2 Å². The Balaban J connectivity index is 2.26. The van der Waals surface area contributed by atoms with Gasteiger partial charge < -0.3 is 5.32 Å². The van der Waals surface area contributed by atoms with E-state index in [1.54, 1.807) is 0 Å². The zero-order valence-corrected chi connectivity index (χ0v) is 10.7. The number of hydrogen-bond donors (Lipinski definition) is 1. The summed E-state index contributed by atoms with van der Waals surface area (Å²) >= 11 is 1.33. The molecule has 1 unspecified atom stereocenters. The highest BCUT2D eigenvalue weighted by Crippen LogP contribution is 2.17. The van der Waals surface area contributed by atoms with E-state index < -0.39 is 0 Å². The minimum Gasteiger partial charge on any atom is -0.347 e. The molecule has 88 valence electrons. The summed E-state index contributed by atoms with van der Waals surface area (Å²) in [4.78, 5) is 11.2. The van der Waals surface area contributed by atoms with E-state index >= 15 is 0 Å². The summed E-state index contributed by atoms with van der Waals surface area (Å²) in [5, 5.41) is 2.99. The first kappa shape index (κ1) is 13.1. The van der Waals surface area contributed by atoms with Gasteiger partial charge in [0.25, 0.3) is 5.24 Å². The number of rotatable bonds is 5. The van der Waals surface area contributed by atoms with Crippen LogP contribution in [0.3, 0.4) is 0 Å². The molecule has 0 saturated carbocycles. The molecule has 0 aliphatic carbocycles. The molecule has 0 saturated heterocycles. The maximum Gasteiger partial charge on any atom is 0.279 e. The van der Waals surface area contributed by atoms with Gasteiger partial charge in [-0.1, -0.05) is 55.9 Å². The molecule has 0 spiro atoms. The summed E-state index contributed by atoms with van der Waals surface area (Å²) in [5.74, 6) is 1.33. The van der Waals surface area contributed by atoms with Crippen LogP contribution in [0.1, 0.15) is 31.7 Å². The van der Waals surface area contributed by atoms with Crippen LogP contribution in [0.2, 0.25) is 0 Å². The quantitative estimate of drug-likeness (QED) is 0.847. The number of hydrogen-bond acceptors (Lipinski definition) is 2. The van der Waals surface area contributed by atoms with E-state index in [-0.39, 0.29) is 5.24 Å². The van der Waals surface area contributed by atoms with Gasteiger partial charge in [-0.05, 0) is 23.7 Å².